The molecule has 0 N–H and O–H groups in total. The van der Waals surface area contributed by atoms with Crippen molar-refractivity contribution < 1.29 is 4.39 Å². The van der Waals surface area contributed by atoms with Crippen LogP contribution in [0.3, 0.4) is 0 Å². The summed E-state index contributed by atoms with van der Waals surface area (Å²) in [5.74, 6) is 0. The fourth-order valence-electron chi connectivity index (χ4n) is 1.37. The molecule has 0 amide bonds. The molecule has 1 rings (SSSR count). The molecule has 1 aromatic rings. The number of thiazole rings is 1. The van der Waals surface area contributed by atoms with Crippen LogP contribution >= 0.6 is 11.3 Å². The molecule has 1 nitrogen and oxygen atoms in total. The van der Waals surface area contributed by atoms with Gasteiger partial charge in [-0.25, -0.2) is 9.37 Å². The summed E-state index contributed by atoms with van der Waals surface area (Å²) in [5, 5.41) is 3.15. The van der Waals surface area contributed by atoms with Gasteiger partial charge in [0.2, 0.25) is 0 Å². The highest BCUT2D eigenvalue weighted by Crippen LogP contribution is 2.14. The lowest BCUT2D eigenvalue weighted by molar-refractivity contribution is 0.542. The van der Waals surface area contributed by atoms with E-state index in [9.17, 15) is 4.39 Å². The minimum atomic E-state index is -0.339. The third kappa shape index (κ3) is 4.71. The third-order valence-corrected chi connectivity index (χ3v) is 3.07. The maximum atomic E-state index is 12.2. The molecule has 0 fully saturated rings. The van der Waals surface area contributed by atoms with E-state index in [1.54, 1.807) is 11.3 Å². The molecule has 1 heterocycles. The van der Waals surface area contributed by atoms with Crippen molar-refractivity contribution in [1.82, 2.24) is 4.98 Å². The third-order valence-electron chi connectivity index (χ3n) is 2.27. The minimum Gasteiger partial charge on any atom is -0.246 e. The van der Waals surface area contributed by atoms with E-state index < -0.39 is 0 Å². The molecule has 3 heteroatoms. The summed E-state index contributed by atoms with van der Waals surface area (Å²) in [6, 6.07) is 0. The topological polar surface area (TPSA) is 12.9 Å². The van der Waals surface area contributed by atoms with E-state index >= 15 is 0 Å². The van der Waals surface area contributed by atoms with E-state index in [4.69, 9.17) is 0 Å². The Morgan fingerprint density at radius 3 is 2.75 bits per heavy atom. The molecular weight excluding hydrogens is 221 g/mol. The van der Waals surface area contributed by atoms with Gasteiger partial charge in [-0.3, -0.25) is 0 Å². The van der Waals surface area contributed by atoms with Crippen molar-refractivity contribution in [2.24, 2.45) is 0 Å². The van der Waals surface area contributed by atoms with Gasteiger partial charge in [0.1, 0.15) is 6.67 Å². The molecule has 0 radical (unpaired) electrons. The molecular formula is C13H18FNS. The number of rotatable bonds is 5. The number of aryl methyl sites for hydroxylation is 1. The summed E-state index contributed by atoms with van der Waals surface area (Å²) < 4.78 is 12.2. The zero-order valence-electron chi connectivity index (χ0n) is 10.1. The highest BCUT2D eigenvalue weighted by atomic mass is 32.1. The van der Waals surface area contributed by atoms with E-state index in [-0.39, 0.29) is 6.67 Å². The molecule has 0 spiro atoms. The van der Waals surface area contributed by atoms with Gasteiger partial charge in [0.25, 0.3) is 0 Å². The lowest BCUT2D eigenvalue weighted by atomic mass is 10.1. The van der Waals surface area contributed by atoms with Crippen molar-refractivity contribution in [3.63, 3.8) is 0 Å². The summed E-state index contributed by atoms with van der Waals surface area (Å²) >= 11 is 1.66. The molecule has 0 aliphatic rings. The van der Waals surface area contributed by atoms with Crippen molar-refractivity contribution >= 4 is 17.4 Å². The van der Waals surface area contributed by atoms with E-state index in [1.165, 1.54) is 5.57 Å². The van der Waals surface area contributed by atoms with Crippen LogP contribution in [0.5, 0.6) is 0 Å². The van der Waals surface area contributed by atoms with Crippen LogP contribution in [0.2, 0.25) is 0 Å². The second-order valence-corrected chi connectivity index (χ2v) is 5.07. The quantitative estimate of drug-likeness (QED) is 0.687. The number of alkyl halides is 1. The number of aromatic nitrogens is 1. The van der Waals surface area contributed by atoms with Crippen LogP contribution in [0.1, 0.15) is 37.4 Å². The summed E-state index contributed by atoms with van der Waals surface area (Å²) in [4.78, 5) is 4.38. The molecule has 0 saturated heterocycles. The lowest BCUT2D eigenvalue weighted by Gasteiger charge is -1.98. The van der Waals surface area contributed by atoms with E-state index in [2.05, 4.69) is 23.4 Å². The number of allylic oxidation sites excluding steroid dienone is 3. The average Bonchev–Trinajstić information content (AvgIpc) is 2.63. The Bertz CT molecular complexity index is 390. The summed E-state index contributed by atoms with van der Waals surface area (Å²) in [6.45, 7) is 5.58. The fourth-order valence-corrected chi connectivity index (χ4v) is 1.94. The Balaban J connectivity index is 2.46. The molecule has 0 aromatic carbocycles. The lowest BCUT2D eigenvalue weighted by Crippen LogP contribution is -1.81. The SMILES string of the molecule is C/C(=C/CC/C(C)=C/c1csc(C)n1)CF. The van der Waals surface area contributed by atoms with E-state index in [0.29, 0.717) is 0 Å². The van der Waals surface area contributed by atoms with Crippen molar-refractivity contribution in [2.45, 2.75) is 33.6 Å². The predicted octanol–water partition coefficient (Wildman–Crippen LogP) is 4.55. The highest BCUT2D eigenvalue weighted by molar-refractivity contribution is 7.09. The number of hydrogen-bond acceptors (Lipinski definition) is 2. The van der Waals surface area contributed by atoms with Crippen LogP contribution in [0.25, 0.3) is 6.08 Å². The molecule has 0 aliphatic carbocycles. The number of nitrogens with zero attached hydrogens (tertiary/aromatic N) is 1. The largest absolute Gasteiger partial charge is 0.246 e. The average molecular weight is 239 g/mol. The molecule has 0 saturated carbocycles. The fraction of sp³-hybridized carbons (Fsp3) is 0.462. The van der Waals surface area contributed by atoms with Gasteiger partial charge in [-0.15, -0.1) is 11.3 Å². The van der Waals surface area contributed by atoms with Gasteiger partial charge in [-0.2, -0.15) is 0 Å². The van der Waals surface area contributed by atoms with Crippen molar-refractivity contribution in [3.8, 4) is 0 Å². The summed E-state index contributed by atoms with van der Waals surface area (Å²) in [5.41, 5.74) is 3.14. The van der Waals surface area contributed by atoms with Crippen molar-refractivity contribution in [2.75, 3.05) is 6.67 Å². The van der Waals surface area contributed by atoms with Crippen molar-refractivity contribution in [1.29, 1.82) is 0 Å². The van der Waals surface area contributed by atoms with Gasteiger partial charge in [-0.1, -0.05) is 11.6 Å². The zero-order valence-corrected chi connectivity index (χ0v) is 10.9. The summed E-state index contributed by atoms with van der Waals surface area (Å²) in [7, 11) is 0. The molecule has 0 bridgehead atoms. The minimum absolute atomic E-state index is 0.339. The Morgan fingerprint density at radius 1 is 1.44 bits per heavy atom. The van der Waals surface area contributed by atoms with Crippen LogP contribution < -0.4 is 0 Å². The van der Waals surface area contributed by atoms with E-state index in [0.717, 1.165) is 29.1 Å². The first-order chi connectivity index (χ1) is 7.61. The van der Waals surface area contributed by atoms with Crippen LogP contribution in [0.15, 0.2) is 22.6 Å². The summed E-state index contributed by atoms with van der Waals surface area (Å²) in [6.07, 6.45) is 5.93. The first-order valence-corrected chi connectivity index (χ1v) is 6.30. The standard InChI is InChI=1S/C13H18FNS/c1-10(5-4-6-11(2)8-14)7-13-9-16-12(3)15-13/h6-7,9H,4-5,8H2,1-3H3/b10-7+,11-6-. The number of halogens is 1. The van der Waals surface area contributed by atoms with Crippen LogP contribution in [-0.4, -0.2) is 11.7 Å². The maximum absolute atomic E-state index is 12.2. The Labute approximate surface area is 101 Å². The smallest absolute Gasteiger partial charge is 0.110 e. The molecule has 88 valence electrons. The Kier molecular flexibility index (Phi) is 5.39. The zero-order chi connectivity index (χ0) is 12.0. The van der Waals surface area contributed by atoms with Gasteiger partial charge in [0, 0.05) is 5.38 Å². The second kappa shape index (κ2) is 6.59. The monoisotopic (exact) mass is 239 g/mol. The number of hydrogen-bond donors (Lipinski definition) is 0. The molecule has 0 atom stereocenters. The molecule has 16 heavy (non-hydrogen) atoms. The Morgan fingerprint density at radius 2 is 2.19 bits per heavy atom. The molecule has 0 aliphatic heterocycles. The van der Waals surface area contributed by atoms with Gasteiger partial charge in [-0.05, 0) is 45.3 Å². The maximum Gasteiger partial charge on any atom is 0.110 e. The van der Waals surface area contributed by atoms with Gasteiger partial charge in [0.05, 0.1) is 10.7 Å². The van der Waals surface area contributed by atoms with Crippen molar-refractivity contribution in [3.05, 3.63) is 33.3 Å². The van der Waals surface area contributed by atoms with Crippen LogP contribution in [-0.2, 0) is 0 Å². The van der Waals surface area contributed by atoms with Crippen LogP contribution in [0.4, 0.5) is 4.39 Å². The van der Waals surface area contributed by atoms with E-state index in [1.807, 2.05) is 19.9 Å². The second-order valence-electron chi connectivity index (χ2n) is 4.00. The Hall–Kier alpha value is -0.960. The predicted molar refractivity (Wildman–Crippen MR) is 69.5 cm³/mol. The normalized spacial score (nSPS) is 13.2. The van der Waals surface area contributed by atoms with Gasteiger partial charge in [0.15, 0.2) is 0 Å². The highest BCUT2D eigenvalue weighted by Gasteiger charge is 1.96. The van der Waals surface area contributed by atoms with Gasteiger partial charge < -0.3 is 0 Å². The van der Waals surface area contributed by atoms with Crippen LogP contribution in [0, 0.1) is 6.92 Å². The van der Waals surface area contributed by atoms with Gasteiger partial charge >= 0.3 is 0 Å². The molecule has 1 aromatic heterocycles. The first kappa shape index (κ1) is 13.1. The first-order valence-electron chi connectivity index (χ1n) is 5.42. The molecule has 0 unspecified atom stereocenters.